The van der Waals surface area contributed by atoms with Crippen LogP contribution in [0, 0.1) is 6.92 Å². The minimum atomic E-state index is 0.672. The van der Waals surface area contributed by atoms with Crippen molar-refractivity contribution in [3.63, 3.8) is 0 Å². The Morgan fingerprint density at radius 1 is 1.16 bits per heavy atom. The van der Waals surface area contributed by atoms with Gasteiger partial charge in [0.1, 0.15) is 17.1 Å². The Kier molecular flexibility index (Phi) is 2.91. The van der Waals surface area contributed by atoms with Crippen LogP contribution in [0.4, 0.5) is 0 Å². The molecule has 0 spiro atoms. The van der Waals surface area contributed by atoms with Crippen LogP contribution in [0.25, 0.3) is 22.4 Å². The highest BCUT2D eigenvalue weighted by molar-refractivity contribution is 6.35. The standard InChI is InChI=1S/C15H13ClN2O/c1-9-7-12(16)14-13(8-9)17-15(18-14)10-3-5-11(19-2)6-4-10/h3-8H,1-2H3,(H,17,18). The van der Waals surface area contributed by atoms with Crippen molar-refractivity contribution in [2.75, 3.05) is 7.11 Å². The second-order valence-corrected chi connectivity index (χ2v) is 4.86. The van der Waals surface area contributed by atoms with Gasteiger partial charge in [-0.3, -0.25) is 0 Å². The zero-order chi connectivity index (χ0) is 13.4. The molecule has 96 valence electrons. The Hall–Kier alpha value is -2.00. The largest absolute Gasteiger partial charge is 0.497 e. The molecule has 3 nitrogen and oxygen atoms in total. The third kappa shape index (κ3) is 2.17. The van der Waals surface area contributed by atoms with Gasteiger partial charge in [-0.15, -0.1) is 0 Å². The fraction of sp³-hybridized carbons (Fsp3) is 0.133. The summed E-state index contributed by atoms with van der Waals surface area (Å²) in [5.41, 5.74) is 3.88. The number of halogens is 1. The highest BCUT2D eigenvalue weighted by Gasteiger charge is 2.08. The highest BCUT2D eigenvalue weighted by Crippen LogP contribution is 2.27. The van der Waals surface area contributed by atoms with Crippen LogP contribution in [-0.4, -0.2) is 17.1 Å². The number of aryl methyl sites for hydroxylation is 1. The summed E-state index contributed by atoms with van der Waals surface area (Å²) in [5.74, 6) is 1.64. The molecular weight excluding hydrogens is 260 g/mol. The average Bonchev–Trinajstić information content (AvgIpc) is 2.83. The number of nitrogens with one attached hydrogen (secondary N) is 1. The lowest BCUT2D eigenvalue weighted by Gasteiger charge is -2.00. The lowest BCUT2D eigenvalue weighted by molar-refractivity contribution is 0.415. The van der Waals surface area contributed by atoms with Gasteiger partial charge in [0.25, 0.3) is 0 Å². The van der Waals surface area contributed by atoms with E-state index >= 15 is 0 Å². The molecular formula is C15H13ClN2O. The van der Waals surface area contributed by atoms with E-state index in [0.29, 0.717) is 5.02 Å². The minimum Gasteiger partial charge on any atom is -0.497 e. The normalized spacial score (nSPS) is 10.9. The van der Waals surface area contributed by atoms with Crippen LogP contribution in [0.2, 0.25) is 5.02 Å². The first-order chi connectivity index (χ1) is 9.17. The molecule has 0 aliphatic rings. The van der Waals surface area contributed by atoms with E-state index in [-0.39, 0.29) is 0 Å². The second kappa shape index (κ2) is 4.59. The predicted octanol–water partition coefficient (Wildman–Crippen LogP) is 4.20. The molecule has 3 rings (SSSR count). The average molecular weight is 273 g/mol. The number of nitrogens with zero attached hydrogens (tertiary/aromatic N) is 1. The van der Waals surface area contributed by atoms with E-state index in [9.17, 15) is 0 Å². The number of benzene rings is 2. The van der Waals surface area contributed by atoms with Gasteiger partial charge in [0.2, 0.25) is 0 Å². The number of H-pyrrole nitrogens is 1. The quantitative estimate of drug-likeness (QED) is 0.759. The Morgan fingerprint density at radius 3 is 2.58 bits per heavy atom. The molecule has 0 saturated heterocycles. The fourth-order valence-electron chi connectivity index (χ4n) is 2.10. The SMILES string of the molecule is COc1ccc(-c2nc3c(Cl)cc(C)cc3[nH]2)cc1. The maximum absolute atomic E-state index is 6.21. The van der Waals surface area contributed by atoms with Crippen LogP contribution >= 0.6 is 11.6 Å². The Balaban J connectivity index is 2.12. The van der Waals surface area contributed by atoms with Gasteiger partial charge in [-0.05, 0) is 48.9 Å². The molecule has 0 bridgehead atoms. The molecule has 0 atom stereocenters. The smallest absolute Gasteiger partial charge is 0.138 e. The van der Waals surface area contributed by atoms with Gasteiger partial charge in [-0.25, -0.2) is 4.98 Å². The van der Waals surface area contributed by atoms with E-state index in [4.69, 9.17) is 16.3 Å². The van der Waals surface area contributed by atoms with Crippen molar-refractivity contribution in [1.29, 1.82) is 0 Å². The molecule has 2 aromatic carbocycles. The molecule has 0 unspecified atom stereocenters. The Labute approximate surface area is 116 Å². The lowest BCUT2D eigenvalue weighted by atomic mass is 10.2. The number of aromatic amines is 1. The molecule has 1 aromatic heterocycles. The number of imidazole rings is 1. The van der Waals surface area contributed by atoms with Crippen LogP contribution in [0.15, 0.2) is 36.4 Å². The third-order valence-electron chi connectivity index (χ3n) is 3.05. The molecule has 0 aliphatic heterocycles. The van der Waals surface area contributed by atoms with Crippen LogP contribution < -0.4 is 4.74 Å². The van der Waals surface area contributed by atoms with E-state index in [1.54, 1.807) is 7.11 Å². The molecule has 0 saturated carbocycles. The van der Waals surface area contributed by atoms with Crippen LogP contribution in [0.5, 0.6) is 5.75 Å². The van der Waals surface area contributed by atoms with E-state index in [0.717, 1.165) is 33.7 Å². The summed E-state index contributed by atoms with van der Waals surface area (Å²) >= 11 is 6.21. The predicted molar refractivity (Wildman–Crippen MR) is 77.8 cm³/mol. The highest BCUT2D eigenvalue weighted by atomic mass is 35.5. The van der Waals surface area contributed by atoms with Crippen LogP contribution in [0.3, 0.4) is 0 Å². The van der Waals surface area contributed by atoms with Gasteiger partial charge in [-0.1, -0.05) is 11.6 Å². The Morgan fingerprint density at radius 2 is 1.89 bits per heavy atom. The third-order valence-corrected chi connectivity index (χ3v) is 3.34. The number of rotatable bonds is 2. The van der Waals surface area contributed by atoms with Crippen molar-refractivity contribution in [2.45, 2.75) is 6.92 Å². The summed E-state index contributed by atoms with van der Waals surface area (Å²) in [6, 6.07) is 11.7. The van der Waals surface area contributed by atoms with Gasteiger partial charge >= 0.3 is 0 Å². The summed E-state index contributed by atoms with van der Waals surface area (Å²) in [7, 11) is 1.65. The van der Waals surface area contributed by atoms with Crippen molar-refractivity contribution in [2.24, 2.45) is 0 Å². The van der Waals surface area contributed by atoms with Crippen molar-refractivity contribution in [3.8, 4) is 17.1 Å². The molecule has 0 fully saturated rings. The minimum absolute atomic E-state index is 0.672. The van der Waals surface area contributed by atoms with Gasteiger partial charge in [0, 0.05) is 5.56 Å². The van der Waals surface area contributed by atoms with Crippen molar-refractivity contribution in [3.05, 3.63) is 47.0 Å². The van der Waals surface area contributed by atoms with E-state index < -0.39 is 0 Å². The fourth-order valence-corrected chi connectivity index (χ4v) is 2.41. The maximum atomic E-state index is 6.21. The first kappa shape index (κ1) is 12.1. The number of methoxy groups -OCH3 is 1. The van der Waals surface area contributed by atoms with Crippen molar-refractivity contribution < 1.29 is 4.74 Å². The molecule has 3 aromatic rings. The van der Waals surface area contributed by atoms with Crippen molar-refractivity contribution >= 4 is 22.6 Å². The maximum Gasteiger partial charge on any atom is 0.138 e. The molecule has 0 amide bonds. The van der Waals surface area contributed by atoms with E-state index in [1.807, 2.05) is 43.3 Å². The topological polar surface area (TPSA) is 37.9 Å². The van der Waals surface area contributed by atoms with Gasteiger partial charge < -0.3 is 9.72 Å². The molecule has 19 heavy (non-hydrogen) atoms. The van der Waals surface area contributed by atoms with Gasteiger partial charge in [-0.2, -0.15) is 0 Å². The molecule has 1 heterocycles. The number of ether oxygens (including phenoxy) is 1. The van der Waals surface area contributed by atoms with E-state index in [1.165, 1.54) is 0 Å². The summed E-state index contributed by atoms with van der Waals surface area (Å²) in [6.07, 6.45) is 0. The zero-order valence-electron chi connectivity index (χ0n) is 10.7. The first-order valence-electron chi connectivity index (χ1n) is 5.97. The summed E-state index contributed by atoms with van der Waals surface area (Å²) in [5, 5.41) is 0.672. The van der Waals surface area contributed by atoms with Crippen LogP contribution in [-0.2, 0) is 0 Å². The number of hydrogen-bond donors (Lipinski definition) is 1. The molecule has 1 N–H and O–H groups in total. The molecule has 4 heteroatoms. The lowest BCUT2D eigenvalue weighted by Crippen LogP contribution is -1.83. The first-order valence-corrected chi connectivity index (χ1v) is 6.35. The molecule has 0 radical (unpaired) electrons. The van der Waals surface area contributed by atoms with Gasteiger partial charge in [0.05, 0.1) is 17.6 Å². The van der Waals surface area contributed by atoms with Crippen LogP contribution in [0.1, 0.15) is 5.56 Å². The zero-order valence-corrected chi connectivity index (χ0v) is 11.5. The monoisotopic (exact) mass is 272 g/mol. The molecule has 0 aliphatic carbocycles. The number of fused-ring (bicyclic) bond motifs is 1. The summed E-state index contributed by atoms with van der Waals surface area (Å²) in [6.45, 7) is 2.01. The number of aromatic nitrogens is 2. The van der Waals surface area contributed by atoms with Gasteiger partial charge in [0.15, 0.2) is 0 Å². The summed E-state index contributed by atoms with van der Waals surface area (Å²) < 4.78 is 5.15. The summed E-state index contributed by atoms with van der Waals surface area (Å²) in [4.78, 5) is 7.85. The van der Waals surface area contributed by atoms with E-state index in [2.05, 4.69) is 9.97 Å². The second-order valence-electron chi connectivity index (χ2n) is 4.46. The van der Waals surface area contributed by atoms with Crippen molar-refractivity contribution in [1.82, 2.24) is 9.97 Å². The number of hydrogen-bond acceptors (Lipinski definition) is 2. The Bertz CT molecular complexity index is 732.